The van der Waals surface area contributed by atoms with Crippen molar-refractivity contribution in [3.63, 3.8) is 0 Å². The number of rotatable bonds is 0. The number of hydrogen-bond donors (Lipinski definition) is 1. The van der Waals surface area contributed by atoms with E-state index in [1.165, 1.54) is 0 Å². The standard InChI is InChI=1S/CHN.HNO/c2*1-2/h2*1H. The van der Waals surface area contributed by atoms with E-state index in [1.807, 2.05) is 0 Å². The van der Waals surface area contributed by atoms with E-state index in [2.05, 4.69) is 12.2 Å². The summed E-state index contributed by atoms with van der Waals surface area (Å²) >= 11 is 0. The maximum absolute atomic E-state index is 7.50. The quantitative estimate of drug-likeness (QED) is 0.411. The van der Waals surface area contributed by atoms with Gasteiger partial charge in [-0.2, -0.15) is 4.91 Å². The predicted octanol–water partition coefficient (Wildman–Crippen LogP) is 0.471. The largest absolute Gasteiger partial charge is 0.202 e. The van der Waals surface area contributed by atoms with Crippen LogP contribution in [0.5, 0.6) is 0 Å². The van der Waals surface area contributed by atoms with Crippen molar-refractivity contribution in [2.45, 2.75) is 0 Å². The summed E-state index contributed by atoms with van der Waals surface area (Å²) in [4.78, 5) is 7.50. The van der Waals surface area contributed by atoms with Crippen LogP contribution in [0.4, 0.5) is 0 Å². The Kier molecular flexibility index (Phi) is 8.52. The lowest BCUT2D eigenvalue weighted by Gasteiger charge is -0.827. The van der Waals surface area contributed by atoms with Crippen molar-refractivity contribution in [2.75, 3.05) is 0 Å². The van der Waals surface area contributed by atoms with Crippen LogP contribution in [-0.4, -0.2) is 0 Å². The number of nitriles is 1. The third-order valence-corrected chi connectivity index (χ3v) is 0. The molecule has 0 radical (unpaired) electrons. The highest BCUT2D eigenvalue weighted by Crippen LogP contribution is 0.766. The molecule has 0 amide bonds. The van der Waals surface area contributed by atoms with Crippen LogP contribution >= 0.6 is 0 Å². The summed E-state index contributed by atoms with van der Waals surface area (Å²) in [5.74, 6) is 0. The van der Waals surface area contributed by atoms with E-state index in [0.29, 0.717) is 0 Å². The highest BCUT2D eigenvalue weighted by atomic mass is 16.2. The Labute approximate surface area is 23.6 Å². The van der Waals surface area contributed by atoms with E-state index in [-0.39, 0.29) is 0 Å². The predicted molar refractivity (Wildman–Crippen MR) is 12.8 cm³/mol. The molecular formula is CH2N2O. The molecule has 0 bridgehead atoms. The summed E-state index contributed by atoms with van der Waals surface area (Å²) in [6, 6.07) is 0. The van der Waals surface area contributed by atoms with Crippen molar-refractivity contribution in [1.29, 1.82) is 10.9 Å². The van der Waals surface area contributed by atoms with Gasteiger partial charge in [-0.05, 0) is 0 Å². The van der Waals surface area contributed by atoms with Crippen LogP contribution in [0.2, 0.25) is 0 Å². The molecule has 0 atom stereocenters. The normalized spacial score (nSPS) is 1.50. The molecule has 0 saturated carbocycles. The minimum atomic E-state index is 3.50. The molecule has 0 aromatic rings. The van der Waals surface area contributed by atoms with Gasteiger partial charge in [0.15, 0.2) is 0 Å². The lowest BCUT2D eigenvalue weighted by molar-refractivity contribution is 1.49. The monoisotopic (exact) mass is 58.0 g/mol. The smallest absolute Gasteiger partial charge is 0.0462 e. The van der Waals surface area contributed by atoms with Gasteiger partial charge in [0.1, 0.15) is 0 Å². The Morgan fingerprint density at radius 2 is 1.50 bits per heavy atom. The second kappa shape index (κ2) is 3.00. The Bertz CT molecular complexity index is 17.2. The summed E-state index contributed by atoms with van der Waals surface area (Å²) in [6.45, 7) is 3.50. The molecule has 0 aliphatic rings. The molecule has 0 rings (SSSR count). The average molecular weight is 58.0 g/mol. The SMILES string of the molecule is C#N.N=O. The molecule has 0 unspecified atom stereocenters. The Morgan fingerprint density at radius 1 is 1.50 bits per heavy atom. The molecule has 4 heavy (non-hydrogen) atoms. The van der Waals surface area contributed by atoms with Crippen molar-refractivity contribution in [3.8, 4) is 6.57 Å². The zero-order valence-electron chi connectivity index (χ0n) is 1.93. The molecular weight excluding hydrogens is 56.0 g/mol. The van der Waals surface area contributed by atoms with E-state index >= 15 is 0 Å². The maximum atomic E-state index is 7.50. The molecule has 0 saturated heterocycles. The molecule has 3 nitrogen and oxygen atoms in total. The van der Waals surface area contributed by atoms with Crippen LogP contribution < -0.4 is 0 Å². The van der Waals surface area contributed by atoms with Gasteiger partial charge in [-0.3, -0.25) is 0 Å². The summed E-state index contributed by atoms with van der Waals surface area (Å²) in [6.07, 6.45) is 0. The van der Waals surface area contributed by atoms with Crippen LogP contribution in [0.15, 0.2) is 0 Å². The molecule has 3 heteroatoms. The van der Waals surface area contributed by atoms with Crippen LogP contribution in [0.3, 0.4) is 0 Å². The number of nitrogens with one attached hydrogen (secondary N) is 1. The molecule has 0 aromatic carbocycles. The summed E-state index contributed by atoms with van der Waals surface area (Å²) < 4.78 is 0. The number of nitroso groups, excluding NO2 is 1. The average Bonchev–Trinajstić information content (AvgIpc) is 1.50. The summed E-state index contributed by atoms with van der Waals surface area (Å²) in [5, 5.41) is 6.50. The van der Waals surface area contributed by atoms with Gasteiger partial charge in [0.25, 0.3) is 0 Å². The van der Waals surface area contributed by atoms with E-state index in [1.54, 1.807) is 0 Å². The first-order valence-electron chi connectivity index (χ1n) is 0.462. The molecule has 22 valence electrons. The Morgan fingerprint density at radius 3 is 1.50 bits per heavy atom. The van der Waals surface area contributed by atoms with Gasteiger partial charge in [0, 0.05) is 6.57 Å². The first kappa shape index (κ1) is 11.4. The third kappa shape index (κ3) is 0.0107. The zero-order valence-corrected chi connectivity index (χ0v) is 1.93. The van der Waals surface area contributed by atoms with E-state index in [9.17, 15) is 0 Å². The fourth-order valence-electron chi connectivity index (χ4n) is 0. The minimum Gasteiger partial charge on any atom is -0.202 e. The van der Waals surface area contributed by atoms with Crippen molar-refractivity contribution in [3.05, 3.63) is 4.91 Å². The van der Waals surface area contributed by atoms with Gasteiger partial charge < -0.3 is 0 Å². The van der Waals surface area contributed by atoms with E-state index in [0.717, 1.165) is 0 Å². The molecule has 0 aliphatic carbocycles. The fraction of sp³-hybridized carbons (Fsp3) is 0. The fourth-order valence-corrected chi connectivity index (χ4v) is 0. The van der Waals surface area contributed by atoms with Crippen LogP contribution in [-0.2, 0) is 0 Å². The van der Waals surface area contributed by atoms with Crippen LogP contribution in [0.25, 0.3) is 0 Å². The first-order chi connectivity index (χ1) is 2.00. The van der Waals surface area contributed by atoms with E-state index < -0.39 is 0 Å². The van der Waals surface area contributed by atoms with Gasteiger partial charge >= 0.3 is 0 Å². The lowest BCUT2D eigenvalue weighted by Crippen LogP contribution is -0.649. The van der Waals surface area contributed by atoms with Gasteiger partial charge in [-0.1, -0.05) is 5.59 Å². The summed E-state index contributed by atoms with van der Waals surface area (Å²) in [5.41, 5.74) is 4.50. The molecule has 0 fully saturated rings. The van der Waals surface area contributed by atoms with Crippen LogP contribution in [0.1, 0.15) is 0 Å². The minimum absolute atomic E-state index is 3.50. The Hall–Kier alpha value is -0.910. The van der Waals surface area contributed by atoms with Gasteiger partial charge in [0.2, 0.25) is 0 Å². The first-order valence-corrected chi connectivity index (χ1v) is 0.462. The molecule has 1 N–H and O–H groups in total. The molecule has 0 aromatic heterocycles. The molecule has 0 heterocycles. The van der Waals surface area contributed by atoms with Gasteiger partial charge in [-0.25, -0.2) is 5.26 Å². The zero-order chi connectivity index (χ0) is 4.00. The lowest BCUT2D eigenvalue weighted by atomic mass is 11.9. The second-order valence-electron chi connectivity index (χ2n) is 0. The third-order valence-electron chi connectivity index (χ3n) is 0. The van der Waals surface area contributed by atoms with E-state index in [4.69, 9.17) is 10.2 Å². The van der Waals surface area contributed by atoms with Crippen molar-refractivity contribution < 1.29 is 0 Å². The van der Waals surface area contributed by atoms with Crippen LogP contribution in [0, 0.1) is 22.3 Å². The highest BCUT2D eigenvalue weighted by Gasteiger charge is 0.589. The molecule has 0 spiro atoms. The van der Waals surface area contributed by atoms with Crippen molar-refractivity contribution in [2.24, 2.45) is 0 Å². The number of nitrogens with zero attached hydrogens (tertiary/aromatic N) is 1. The highest BCUT2D eigenvalue weighted by molar-refractivity contribution is 4.03. The topological polar surface area (TPSA) is 64.7 Å². The summed E-state index contributed by atoms with van der Waals surface area (Å²) in [7, 11) is 0. The van der Waals surface area contributed by atoms with Crippen molar-refractivity contribution >= 4 is 0 Å². The van der Waals surface area contributed by atoms with Gasteiger partial charge in [-0.15, -0.1) is 0 Å². The van der Waals surface area contributed by atoms with Gasteiger partial charge in [0.05, 0.1) is 0 Å². The maximum Gasteiger partial charge on any atom is 0.0462 e. The second-order valence-corrected chi connectivity index (χ2v) is 0. The Balaban J connectivity index is 0. The number of hydrogen-bond acceptors (Lipinski definition) is 3. The molecule has 0 aliphatic heterocycles. The van der Waals surface area contributed by atoms with Crippen molar-refractivity contribution in [1.82, 2.24) is 0 Å².